The minimum Gasteiger partial charge on any atom is -0.296 e. The van der Waals surface area contributed by atoms with Crippen LogP contribution in [0.25, 0.3) is 10.8 Å². The topological polar surface area (TPSA) is 80.3 Å². The van der Waals surface area contributed by atoms with E-state index in [9.17, 15) is 19.2 Å². The van der Waals surface area contributed by atoms with Crippen LogP contribution in [-0.4, -0.2) is 23.4 Å². The molecule has 0 spiro atoms. The number of benzene rings is 2. The van der Waals surface area contributed by atoms with Crippen molar-refractivity contribution in [2.45, 2.75) is 19.3 Å². The summed E-state index contributed by atoms with van der Waals surface area (Å²) in [5, 5.41) is 3.86. The Labute approximate surface area is 138 Å². The van der Waals surface area contributed by atoms with E-state index in [1.165, 1.54) is 0 Å². The van der Waals surface area contributed by atoms with Crippen molar-refractivity contribution >= 4 is 34.2 Å². The van der Waals surface area contributed by atoms with E-state index in [4.69, 9.17) is 0 Å². The van der Waals surface area contributed by atoms with Gasteiger partial charge in [-0.2, -0.15) is 0 Å². The van der Waals surface area contributed by atoms with Crippen molar-refractivity contribution < 1.29 is 19.2 Å². The molecule has 1 aliphatic carbocycles. The van der Waals surface area contributed by atoms with Crippen LogP contribution in [-0.2, 0) is 9.59 Å². The Kier molecular flexibility index (Phi) is 3.30. The second-order valence-corrected chi connectivity index (χ2v) is 6.37. The van der Waals surface area contributed by atoms with E-state index in [0.717, 1.165) is 5.39 Å². The number of carbonyl (C=O) groups excluding carboxylic acids is 4. The molecule has 24 heavy (non-hydrogen) atoms. The van der Waals surface area contributed by atoms with Crippen molar-refractivity contribution in [3.63, 3.8) is 0 Å². The van der Waals surface area contributed by atoms with Crippen LogP contribution < -0.4 is 5.32 Å². The van der Waals surface area contributed by atoms with Gasteiger partial charge >= 0.3 is 0 Å². The highest BCUT2D eigenvalue weighted by atomic mass is 16.2. The first kappa shape index (κ1) is 14.8. The molecule has 1 heterocycles. The van der Waals surface area contributed by atoms with Crippen LogP contribution in [0.3, 0.4) is 0 Å². The highest BCUT2D eigenvalue weighted by Gasteiger charge is 2.39. The molecule has 1 N–H and O–H groups in total. The normalized spacial score (nSPS) is 21.2. The van der Waals surface area contributed by atoms with Gasteiger partial charge in [0, 0.05) is 28.9 Å². The molecule has 1 aliphatic heterocycles. The molecule has 0 aromatic heterocycles. The van der Waals surface area contributed by atoms with Crippen LogP contribution in [0, 0.1) is 11.8 Å². The second-order valence-electron chi connectivity index (χ2n) is 6.37. The first-order valence-corrected chi connectivity index (χ1v) is 8.00. The predicted molar refractivity (Wildman–Crippen MR) is 86.6 cm³/mol. The van der Waals surface area contributed by atoms with E-state index in [0.29, 0.717) is 22.9 Å². The smallest absolute Gasteiger partial charge is 0.229 e. The van der Waals surface area contributed by atoms with Gasteiger partial charge in [0.05, 0.1) is 5.92 Å². The summed E-state index contributed by atoms with van der Waals surface area (Å²) in [6, 6.07) is 10.8. The molecule has 1 unspecified atom stereocenters. The summed E-state index contributed by atoms with van der Waals surface area (Å²) >= 11 is 0. The van der Waals surface area contributed by atoms with Gasteiger partial charge in [0.1, 0.15) is 0 Å². The number of carbonyl (C=O) groups is 4. The number of Topliss-reactive ketones (excluding diaryl/α,β-unsaturated/α-hetero) is 2. The minimum atomic E-state index is -0.852. The molecular weight excluding hydrogens is 306 g/mol. The van der Waals surface area contributed by atoms with Crippen LogP contribution >= 0.6 is 0 Å². The lowest BCUT2D eigenvalue weighted by molar-refractivity contribution is -0.136. The third kappa shape index (κ3) is 2.16. The maximum absolute atomic E-state index is 12.8. The largest absolute Gasteiger partial charge is 0.296 e. The van der Waals surface area contributed by atoms with Crippen LogP contribution in [0.15, 0.2) is 36.4 Å². The van der Waals surface area contributed by atoms with Crippen molar-refractivity contribution in [2.75, 3.05) is 0 Å². The first-order chi connectivity index (χ1) is 11.6. The minimum absolute atomic E-state index is 0.154. The fraction of sp³-hybridized carbons (Fsp3) is 0.263. The number of rotatable bonds is 2. The molecule has 1 atom stereocenters. The molecular formula is C19H15NO4. The summed E-state index contributed by atoms with van der Waals surface area (Å²) in [6.07, 6.45) is 0.784. The van der Waals surface area contributed by atoms with Gasteiger partial charge in [-0.15, -0.1) is 0 Å². The van der Waals surface area contributed by atoms with Gasteiger partial charge in [-0.1, -0.05) is 36.4 Å². The van der Waals surface area contributed by atoms with Gasteiger partial charge < -0.3 is 0 Å². The average molecular weight is 321 g/mol. The van der Waals surface area contributed by atoms with E-state index in [-0.39, 0.29) is 36.2 Å². The predicted octanol–water partition coefficient (Wildman–Crippen LogP) is 2.28. The van der Waals surface area contributed by atoms with Gasteiger partial charge in [-0.05, 0) is 18.2 Å². The summed E-state index contributed by atoms with van der Waals surface area (Å²) in [6.45, 7) is 0. The molecule has 1 fully saturated rings. The number of hydrogen-bond acceptors (Lipinski definition) is 4. The average Bonchev–Trinajstić information content (AvgIpc) is 2.58. The molecule has 2 aromatic carbocycles. The summed E-state index contributed by atoms with van der Waals surface area (Å²) < 4.78 is 0. The third-order valence-electron chi connectivity index (χ3n) is 4.94. The third-order valence-corrected chi connectivity index (χ3v) is 4.94. The Morgan fingerprint density at radius 2 is 1.54 bits per heavy atom. The monoisotopic (exact) mass is 321 g/mol. The molecule has 0 radical (unpaired) electrons. The Morgan fingerprint density at radius 1 is 0.917 bits per heavy atom. The van der Waals surface area contributed by atoms with E-state index >= 15 is 0 Å². The molecule has 2 aliphatic rings. The van der Waals surface area contributed by atoms with Crippen LogP contribution in [0.5, 0.6) is 0 Å². The fourth-order valence-electron chi connectivity index (χ4n) is 3.71. The molecule has 5 nitrogen and oxygen atoms in total. The lowest BCUT2D eigenvalue weighted by Gasteiger charge is -2.27. The number of ketones is 2. The lowest BCUT2D eigenvalue weighted by Crippen LogP contribution is -2.43. The summed E-state index contributed by atoms with van der Waals surface area (Å²) in [4.78, 5) is 48.9. The molecule has 0 saturated carbocycles. The van der Waals surface area contributed by atoms with Crippen LogP contribution in [0.2, 0.25) is 0 Å². The Bertz CT molecular complexity index is 864. The standard InChI is InChI=1S/C19H15NO4/c21-15-8-7-11(19(24)20-15)9-14-17(22)12-5-1-3-10-4-2-6-13(16(10)12)18(14)23/h1-6,11,14H,7-9H2,(H,20,21,24). The van der Waals surface area contributed by atoms with E-state index in [1.54, 1.807) is 24.3 Å². The summed E-state index contributed by atoms with van der Waals surface area (Å²) in [5.74, 6) is -2.47. The zero-order valence-corrected chi connectivity index (χ0v) is 12.9. The highest BCUT2D eigenvalue weighted by Crippen LogP contribution is 2.35. The van der Waals surface area contributed by atoms with Gasteiger partial charge in [0.15, 0.2) is 11.6 Å². The van der Waals surface area contributed by atoms with Gasteiger partial charge in [0.25, 0.3) is 0 Å². The lowest BCUT2D eigenvalue weighted by atomic mass is 9.75. The van der Waals surface area contributed by atoms with E-state index in [2.05, 4.69) is 5.32 Å². The van der Waals surface area contributed by atoms with Crippen molar-refractivity contribution in [1.29, 1.82) is 0 Å². The van der Waals surface area contributed by atoms with E-state index in [1.807, 2.05) is 12.1 Å². The van der Waals surface area contributed by atoms with Crippen molar-refractivity contribution in [1.82, 2.24) is 5.32 Å². The molecule has 1 saturated heterocycles. The SMILES string of the molecule is O=C1CCC(CC2C(=O)c3cccc4cccc(c34)C2=O)C(=O)N1. The van der Waals surface area contributed by atoms with Gasteiger partial charge in [-0.25, -0.2) is 0 Å². The Hall–Kier alpha value is -2.82. The molecule has 0 bridgehead atoms. The number of hydrogen-bond donors (Lipinski definition) is 1. The first-order valence-electron chi connectivity index (χ1n) is 8.00. The summed E-state index contributed by atoms with van der Waals surface area (Å²) in [7, 11) is 0. The fourth-order valence-corrected chi connectivity index (χ4v) is 3.71. The Morgan fingerprint density at radius 3 is 2.12 bits per heavy atom. The summed E-state index contributed by atoms with van der Waals surface area (Å²) in [5.41, 5.74) is 1.08. The van der Waals surface area contributed by atoms with Gasteiger partial charge in [0.2, 0.25) is 11.8 Å². The number of piperidine rings is 1. The van der Waals surface area contributed by atoms with E-state index < -0.39 is 11.8 Å². The Balaban J connectivity index is 1.72. The maximum Gasteiger partial charge on any atom is 0.229 e. The maximum atomic E-state index is 12.8. The highest BCUT2D eigenvalue weighted by molar-refractivity contribution is 6.29. The molecule has 4 rings (SSSR count). The van der Waals surface area contributed by atoms with Gasteiger partial charge in [-0.3, -0.25) is 24.5 Å². The number of imide groups is 1. The molecule has 2 amide bonds. The number of amides is 2. The van der Waals surface area contributed by atoms with Crippen molar-refractivity contribution in [2.24, 2.45) is 11.8 Å². The molecule has 5 heteroatoms. The van der Waals surface area contributed by atoms with Crippen molar-refractivity contribution in [3.05, 3.63) is 47.5 Å². The van der Waals surface area contributed by atoms with Crippen LogP contribution in [0.4, 0.5) is 0 Å². The quantitative estimate of drug-likeness (QED) is 0.680. The zero-order chi connectivity index (χ0) is 16.8. The molecule has 2 aromatic rings. The molecule has 120 valence electrons. The van der Waals surface area contributed by atoms with Crippen molar-refractivity contribution in [3.8, 4) is 0 Å². The second kappa shape index (κ2) is 5.37. The van der Waals surface area contributed by atoms with Crippen LogP contribution in [0.1, 0.15) is 40.0 Å². The zero-order valence-electron chi connectivity index (χ0n) is 12.9. The number of nitrogens with one attached hydrogen (secondary N) is 1.